The molecule has 3 fully saturated rings. The number of nitrogens with one attached hydrogen (secondary N) is 1. The highest BCUT2D eigenvalue weighted by Crippen LogP contribution is 2.33. The van der Waals surface area contributed by atoms with Crippen LogP contribution in [-0.4, -0.2) is 146 Å². The normalized spacial score (nSPS) is 42.2. The van der Waals surface area contributed by atoms with E-state index < -0.39 is 102 Å². The van der Waals surface area contributed by atoms with Crippen molar-refractivity contribution in [3.8, 4) is 0 Å². The van der Waals surface area contributed by atoms with Crippen LogP contribution in [0.4, 0.5) is 0 Å². The summed E-state index contributed by atoms with van der Waals surface area (Å²) in [6, 6.07) is -4.06. The lowest BCUT2D eigenvalue weighted by molar-refractivity contribution is -0.311. The van der Waals surface area contributed by atoms with Crippen molar-refractivity contribution in [2.24, 2.45) is 28.7 Å². The molecular formula is C23H46N6O12S. The van der Waals surface area contributed by atoms with Gasteiger partial charge >= 0.3 is 0 Å². The predicted molar refractivity (Wildman–Crippen MR) is 144 cm³/mol. The van der Waals surface area contributed by atoms with Gasteiger partial charge in [-0.2, -0.15) is 8.42 Å². The Morgan fingerprint density at radius 2 is 1.67 bits per heavy atom. The van der Waals surface area contributed by atoms with E-state index in [9.17, 15) is 33.6 Å². The van der Waals surface area contributed by atoms with E-state index >= 15 is 0 Å². The number of aliphatic hydroxyl groups excluding tert-OH is 4. The maximum atomic E-state index is 12.8. The van der Waals surface area contributed by atoms with Crippen LogP contribution >= 0.6 is 0 Å². The van der Waals surface area contributed by atoms with E-state index in [1.165, 1.54) is 0 Å². The van der Waals surface area contributed by atoms with Crippen molar-refractivity contribution in [2.75, 3.05) is 26.0 Å². The van der Waals surface area contributed by atoms with Crippen molar-refractivity contribution in [1.29, 1.82) is 0 Å². The Morgan fingerprint density at radius 1 is 1.00 bits per heavy atom. The van der Waals surface area contributed by atoms with Crippen LogP contribution in [0.5, 0.6) is 0 Å². The van der Waals surface area contributed by atoms with Crippen molar-refractivity contribution in [3.63, 3.8) is 0 Å². The molecule has 2 saturated heterocycles. The number of aliphatic hydroxyl groups is 4. The van der Waals surface area contributed by atoms with Gasteiger partial charge in [-0.05, 0) is 32.2 Å². The Labute approximate surface area is 244 Å². The van der Waals surface area contributed by atoms with Gasteiger partial charge < -0.3 is 73.4 Å². The lowest BCUT2D eigenvalue weighted by atomic mass is 9.83. The van der Waals surface area contributed by atoms with Gasteiger partial charge in [0, 0.05) is 12.6 Å². The summed E-state index contributed by atoms with van der Waals surface area (Å²) in [6.07, 6.45) is -11.5. The fourth-order valence-corrected chi connectivity index (χ4v) is 5.93. The summed E-state index contributed by atoms with van der Waals surface area (Å²) in [6.45, 7) is -0.492. The Balaban J connectivity index is 1.99. The van der Waals surface area contributed by atoms with Gasteiger partial charge in [0.1, 0.15) is 42.7 Å². The van der Waals surface area contributed by atoms with Crippen LogP contribution < -0.4 is 34.0 Å². The van der Waals surface area contributed by atoms with Gasteiger partial charge in [-0.3, -0.25) is 8.98 Å². The van der Waals surface area contributed by atoms with E-state index in [1.54, 1.807) is 0 Å². The van der Waals surface area contributed by atoms with Crippen molar-refractivity contribution < 1.29 is 56.8 Å². The summed E-state index contributed by atoms with van der Waals surface area (Å²) >= 11 is 0. The molecular weight excluding hydrogens is 584 g/mol. The average Bonchev–Trinajstić information content (AvgIpc) is 2.92. The molecule has 1 amide bonds. The molecule has 6 unspecified atom stereocenters. The van der Waals surface area contributed by atoms with Crippen LogP contribution in [0.2, 0.25) is 0 Å². The molecule has 2 heterocycles. The molecule has 42 heavy (non-hydrogen) atoms. The summed E-state index contributed by atoms with van der Waals surface area (Å²) in [7, 11) is -4.24. The van der Waals surface area contributed by atoms with Crippen LogP contribution in [0.3, 0.4) is 0 Å². The van der Waals surface area contributed by atoms with E-state index in [1.807, 2.05) is 0 Å². The largest absolute Gasteiger partial charge is 0.394 e. The lowest BCUT2D eigenvalue weighted by Gasteiger charge is -2.49. The molecule has 18 nitrogen and oxygen atoms in total. The van der Waals surface area contributed by atoms with Gasteiger partial charge in [0.25, 0.3) is 10.1 Å². The number of hydrogen-bond donors (Lipinski definition) is 10. The Hall–Kier alpha value is -1.14. The zero-order valence-corrected chi connectivity index (χ0v) is 24.2. The minimum Gasteiger partial charge on any atom is -0.394 e. The first-order valence-corrected chi connectivity index (χ1v) is 15.6. The molecule has 246 valence electrons. The Kier molecular flexibility index (Phi) is 12.8. The van der Waals surface area contributed by atoms with Crippen LogP contribution in [0.25, 0.3) is 0 Å². The molecule has 3 rings (SSSR count). The second-order valence-electron chi connectivity index (χ2n) is 11.0. The first kappa shape index (κ1) is 35.3. The molecule has 19 heteroatoms. The van der Waals surface area contributed by atoms with Crippen molar-refractivity contribution >= 4 is 16.0 Å². The van der Waals surface area contributed by atoms with Gasteiger partial charge in [0.2, 0.25) is 5.91 Å². The molecule has 0 spiro atoms. The number of hydrogen-bond acceptors (Lipinski definition) is 17. The first-order chi connectivity index (χ1) is 19.7. The molecule has 0 radical (unpaired) electrons. The van der Waals surface area contributed by atoms with E-state index in [4.69, 9.17) is 51.8 Å². The van der Waals surface area contributed by atoms with Crippen LogP contribution in [0, 0.1) is 0 Å². The predicted octanol–water partition coefficient (Wildman–Crippen LogP) is -6.42. The average molecular weight is 631 g/mol. The number of amides is 1. The molecule has 1 aliphatic carbocycles. The molecule has 14 atom stereocenters. The van der Waals surface area contributed by atoms with Gasteiger partial charge in [0.05, 0.1) is 37.1 Å². The number of carbonyl (C=O) groups excluding carboxylic acids is 1. The molecule has 2 aliphatic heterocycles. The maximum Gasteiger partial charge on any atom is 0.264 e. The highest BCUT2D eigenvalue weighted by atomic mass is 32.2. The molecule has 0 aromatic heterocycles. The lowest BCUT2D eigenvalue weighted by Crippen LogP contribution is -2.69. The van der Waals surface area contributed by atoms with Gasteiger partial charge in [0.15, 0.2) is 12.6 Å². The monoisotopic (exact) mass is 630 g/mol. The Morgan fingerprint density at radius 3 is 2.26 bits per heavy atom. The zero-order valence-electron chi connectivity index (χ0n) is 23.4. The minimum atomic E-state index is -4.24. The third-order valence-corrected chi connectivity index (χ3v) is 8.20. The van der Waals surface area contributed by atoms with Gasteiger partial charge in [-0.25, -0.2) is 0 Å². The summed E-state index contributed by atoms with van der Waals surface area (Å²) in [5, 5.41) is 43.4. The number of rotatable bonds is 12. The molecule has 0 aromatic carbocycles. The molecule has 1 saturated carbocycles. The summed E-state index contributed by atoms with van der Waals surface area (Å²) in [4.78, 5) is 12.8. The molecule has 15 N–H and O–H groups in total. The van der Waals surface area contributed by atoms with Crippen LogP contribution in [-0.2, 0) is 38.0 Å². The molecule has 0 bridgehead atoms. The third-order valence-electron chi connectivity index (χ3n) is 7.63. The van der Waals surface area contributed by atoms with Crippen molar-refractivity contribution in [3.05, 3.63) is 0 Å². The van der Waals surface area contributed by atoms with Gasteiger partial charge in [-0.15, -0.1) is 0 Å². The topological polar surface area (TPSA) is 320 Å². The van der Waals surface area contributed by atoms with E-state index in [0.29, 0.717) is 12.8 Å². The van der Waals surface area contributed by atoms with Crippen molar-refractivity contribution in [2.45, 2.75) is 111 Å². The summed E-state index contributed by atoms with van der Waals surface area (Å²) in [5.74, 6) is -0.849. The van der Waals surface area contributed by atoms with Crippen LogP contribution in [0.1, 0.15) is 25.7 Å². The van der Waals surface area contributed by atoms with Gasteiger partial charge in [-0.1, -0.05) is 0 Å². The third kappa shape index (κ3) is 8.73. The highest BCUT2D eigenvalue weighted by Gasteiger charge is 2.53. The summed E-state index contributed by atoms with van der Waals surface area (Å²) in [5.41, 5.74) is 29.8. The van der Waals surface area contributed by atoms with E-state index in [0.717, 1.165) is 6.26 Å². The highest BCUT2D eigenvalue weighted by molar-refractivity contribution is 7.86. The Bertz CT molecular complexity index is 982. The first-order valence-electron chi connectivity index (χ1n) is 13.8. The molecule has 3 aliphatic rings. The number of ether oxygens (including phenoxy) is 4. The zero-order chi connectivity index (χ0) is 31.4. The minimum absolute atomic E-state index is 0.00469. The SMILES string of the molecule is CS(=O)(=O)OC1C(O[C@H]2OC(CN)CCC2N)[C@@H](N)C[C@@H](NC(=O)[C@@H](O)CCN)[C@@H]1O[C@H]1OC(CO)[C@@H](O)[C@H](N)C1O. The fourth-order valence-electron chi connectivity index (χ4n) is 5.31. The quantitative estimate of drug-likeness (QED) is 0.0896. The van der Waals surface area contributed by atoms with Crippen molar-refractivity contribution in [1.82, 2.24) is 5.32 Å². The van der Waals surface area contributed by atoms with Crippen LogP contribution in [0.15, 0.2) is 0 Å². The number of carbonyl (C=O) groups is 1. The van der Waals surface area contributed by atoms with E-state index in [2.05, 4.69) is 5.32 Å². The second-order valence-corrected chi connectivity index (χ2v) is 12.6. The number of nitrogens with two attached hydrogens (primary N) is 5. The fraction of sp³-hybridized carbons (Fsp3) is 0.957. The molecule has 0 aromatic rings. The second kappa shape index (κ2) is 15.2. The maximum absolute atomic E-state index is 12.8. The smallest absolute Gasteiger partial charge is 0.264 e. The standard InChI is InChI=1S/C23H46N6O12S/c1-42(35,36)41-20-18(39-22-10(26)3-2-9(7-25)37-22)11(27)6-12(29-21(34)13(31)4-5-24)19(20)40-23-17(33)15(28)16(32)14(8-30)38-23/h9-20,22-23,30-33H,2-8,24-28H2,1H3,(H,29,34)/t9?,10?,11-,12+,13-,14?,15-,16+,17?,18?,19-,20?,22+,23+/m0/s1. The summed E-state index contributed by atoms with van der Waals surface area (Å²) < 4.78 is 53.9. The van der Waals surface area contributed by atoms with E-state index in [-0.39, 0.29) is 32.0 Å².